The second-order valence-electron chi connectivity index (χ2n) is 3.19. The van der Waals surface area contributed by atoms with E-state index in [1.807, 2.05) is 0 Å². The zero-order valence-corrected chi connectivity index (χ0v) is 8.84. The minimum atomic E-state index is -0.246. The lowest BCUT2D eigenvalue weighted by molar-refractivity contribution is -0.121. The summed E-state index contributed by atoms with van der Waals surface area (Å²) in [6.07, 6.45) is 0.460. The van der Waals surface area contributed by atoms with Crippen LogP contribution in [0, 0.1) is 0 Å². The third kappa shape index (κ3) is 1.68. The summed E-state index contributed by atoms with van der Waals surface area (Å²) in [6.45, 7) is 1.40. The van der Waals surface area contributed by atoms with Crippen LogP contribution in [0.1, 0.15) is 30.3 Å². The Hall–Kier alpha value is -1.56. The Morgan fingerprint density at radius 2 is 2.00 bits per heavy atom. The molecule has 0 N–H and O–H groups in total. The highest BCUT2D eigenvalue weighted by molar-refractivity contribution is 7.14. The summed E-state index contributed by atoms with van der Waals surface area (Å²) in [6, 6.07) is 0. The van der Waals surface area contributed by atoms with E-state index < -0.39 is 0 Å². The van der Waals surface area contributed by atoms with Gasteiger partial charge in [-0.05, 0) is 0 Å². The largest absolute Gasteiger partial charge is 0.293 e. The number of carbonyl (C=O) groups excluding carboxylic acids is 3. The van der Waals surface area contributed by atoms with Crippen LogP contribution < -0.4 is 4.90 Å². The lowest BCUT2D eigenvalue weighted by Gasteiger charge is -2.07. The van der Waals surface area contributed by atoms with Crippen LogP contribution in [0.4, 0.5) is 5.13 Å². The summed E-state index contributed by atoms with van der Waals surface area (Å²) in [5, 5.41) is 1.85. The maximum absolute atomic E-state index is 11.4. The molecule has 15 heavy (non-hydrogen) atoms. The van der Waals surface area contributed by atoms with Gasteiger partial charge in [0.2, 0.25) is 11.8 Å². The number of aromatic nitrogens is 1. The van der Waals surface area contributed by atoms with Crippen molar-refractivity contribution >= 4 is 34.1 Å². The topological polar surface area (TPSA) is 67.3 Å². The number of imide groups is 1. The van der Waals surface area contributed by atoms with Gasteiger partial charge in [0, 0.05) is 25.1 Å². The number of rotatable bonds is 2. The van der Waals surface area contributed by atoms with Crippen molar-refractivity contribution < 1.29 is 14.4 Å². The van der Waals surface area contributed by atoms with Gasteiger partial charge in [-0.1, -0.05) is 0 Å². The van der Waals surface area contributed by atoms with Crippen LogP contribution in [0.5, 0.6) is 0 Å². The van der Waals surface area contributed by atoms with Crippen LogP contribution in [0.2, 0.25) is 0 Å². The molecule has 0 aliphatic carbocycles. The van der Waals surface area contributed by atoms with Gasteiger partial charge in [0.15, 0.2) is 10.9 Å². The Bertz CT molecular complexity index is 436. The number of thiazole rings is 1. The van der Waals surface area contributed by atoms with Gasteiger partial charge in [-0.15, -0.1) is 11.3 Å². The fourth-order valence-electron chi connectivity index (χ4n) is 1.32. The van der Waals surface area contributed by atoms with Gasteiger partial charge in [0.1, 0.15) is 5.69 Å². The summed E-state index contributed by atoms with van der Waals surface area (Å²) >= 11 is 1.13. The Balaban J connectivity index is 2.33. The molecule has 0 radical (unpaired) electrons. The van der Waals surface area contributed by atoms with Gasteiger partial charge in [-0.2, -0.15) is 0 Å². The summed E-state index contributed by atoms with van der Waals surface area (Å²) in [4.78, 5) is 38.7. The Morgan fingerprint density at radius 1 is 1.40 bits per heavy atom. The molecule has 2 rings (SSSR count). The smallest absolute Gasteiger partial charge is 0.236 e. The van der Waals surface area contributed by atoms with Crippen LogP contribution in [0.3, 0.4) is 0 Å². The van der Waals surface area contributed by atoms with Crippen LogP contribution in [-0.4, -0.2) is 22.6 Å². The number of ketones is 1. The van der Waals surface area contributed by atoms with E-state index in [1.165, 1.54) is 6.92 Å². The zero-order valence-electron chi connectivity index (χ0n) is 8.02. The van der Waals surface area contributed by atoms with E-state index in [4.69, 9.17) is 0 Å². The molecule has 1 aliphatic rings. The van der Waals surface area contributed by atoms with E-state index >= 15 is 0 Å². The number of hydrogen-bond acceptors (Lipinski definition) is 5. The molecule has 0 unspecified atom stereocenters. The molecule has 1 aliphatic heterocycles. The second-order valence-corrected chi connectivity index (χ2v) is 4.03. The van der Waals surface area contributed by atoms with Gasteiger partial charge in [0.05, 0.1) is 0 Å². The molecule has 0 spiro atoms. The normalized spacial score (nSPS) is 16.2. The molecule has 0 saturated carbocycles. The van der Waals surface area contributed by atoms with Crippen molar-refractivity contribution in [3.63, 3.8) is 0 Å². The second kappa shape index (κ2) is 3.54. The zero-order chi connectivity index (χ0) is 11.0. The summed E-state index contributed by atoms with van der Waals surface area (Å²) in [5.41, 5.74) is 0.294. The Labute approximate surface area is 89.7 Å². The highest BCUT2D eigenvalue weighted by atomic mass is 32.1. The monoisotopic (exact) mass is 224 g/mol. The van der Waals surface area contributed by atoms with Gasteiger partial charge >= 0.3 is 0 Å². The fourth-order valence-corrected chi connectivity index (χ4v) is 2.21. The number of hydrogen-bond donors (Lipinski definition) is 0. The highest BCUT2D eigenvalue weighted by Gasteiger charge is 2.32. The van der Waals surface area contributed by atoms with E-state index in [9.17, 15) is 14.4 Å². The molecule has 78 valence electrons. The molecule has 1 aromatic rings. The van der Waals surface area contributed by atoms with Crippen LogP contribution in [-0.2, 0) is 9.59 Å². The predicted molar refractivity (Wildman–Crippen MR) is 53.8 cm³/mol. The van der Waals surface area contributed by atoms with E-state index in [0.29, 0.717) is 10.8 Å². The lowest BCUT2D eigenvalue weighted by atomic mass is 10.4. The SMILES string of the molecule is CC(=O)c1csc(N2C(=O)CCC2=O)n1. The Morgan fingerprint density at radius 3 is 2.47 bits per heavy atom. The van der Waals surface area contributed by atoms with Crippen LogP contribution in [0.25, 0.3) is 0 Å². The van der Waals surface area contributed by atoms with Crippen molar-refractivity contribution in [2.45, 2.75) is 19.8 Å². The van der Waals surface area contributed by atoms with Crippen molar-refractivity contribution in [1.29, 1.82) is 0 Å². The minimum absolute atomic E-state index is 0.170. The average Bonchev–Trinajstić information content (AvgIpc) is 2.73. The number of anilines is 1. The first-order valence-corrected chi connectivity index (χ1v) is 5.30. The standard InChI is InChI=1S/C9H8N2O3S/c1-5(12)6-4-15-9(10-6)11-7(13)2-3-8(11)14/h4H,2-3H2,1H3. The van der Waals surface area contributed by atoms with Crippen molar-refractivity contribution in [3.05, 3.63) is 11.1 Å². The van der Waals surface area contributed by atoms with Crippen LogP contribution in [0.15, 0.2) is 5.38 Å². The molecule has 1 fully saturated rings. The molecule has 5 nitrogen and oxygen atoms in total. The first kappa shape index (κ1) is 9.97. The van der Waals surface area contributed by atoms with Crippen molar-refractivity contribution in [1.82, 2.24) is 4.98 Å². The first-order chi connectivity index (χ1) is 7.09. The van der Waals surface area contributed by atoms with E-state index in [1.54, 1.807) is 5.38 Å². The molecule has 6 heteroatoms. The van der Waals surface area contributed by atoms with Crippen molar-refractivity contribution in [3.8, 4) is 0 Å². The molecule has 1 saturated heterocycles. The minimum Gasteiger partial charge on any atom is -0.293 e. The molecule has 0 aromatic carbocycles. The van der Waals surface area contributed by atoms with Crippen LogP contribution >= 0.6 is 11.3 Å². The molecule has 1 aromatic heterocycles. The van der Waals surface area contributed by atoms with Crippen molar-refractivity contribution in [2.75, 3.05) is 4.90 Å². The van der Waals surface area contributed by atoms with Gasteiger partial charge in [-0.25, -0.2) is 9.88 Å². The maximum atomic E-state index is 11.4. The summed E-state index contributed by atoms with van der Waals surface area (Å²) < 4.78 is 0. The number of nitrogens with zero attached hydrogens (tertiary/aromatic N) is 2. The van der Waals surface area contributed by atoms with Gasteiger partial charge in [-0.3, -0.25) is 14.4 Å². The molecule has 2 heterocycles. The Kier molecular flexibility index (Phi) is 2.36. The van der Waals surface area contributed by atoms with Gasteiger partial charge in [0.25, 0.3) is 0 Å². The molecular formula is C9H8N2O3S. The number of carbonyl (C=O) groups is 3. The summed E-state index contributed by atoms with van der Waals surface area (Å²) in [7, 11) is 0. The quantitative estimate of drug-likeness (QED) is 0.555. The number of Topliss-reactive ketones (excluding diaryl/α,β-unsaturated/α-hetero) is 1. The number of amides is 2. The van der Waals surface area contributed by atoms with Crippen molar-refractivity contribution in [2.24, 2.45) is 0 Å². The van der Waals surface area contributed by atoms with Gasteiger partial charge < -0.3 is 0 Å². The molecule has 2 amide bonds. The first-order valence-electron chi connectivity index (χ1n) is 4.42. The highest BCUT2D eigenvalue weighted by Crippen LogP contribution is 2.26. The predicted octanol–water partition coefficient (Wildman–Crippen LogP) is 0.999. The maximum Gasteiger partial charge on any atom is 0.236 e. The third-order valence-electron chi connectivity index (χ3n) is 2.10. The lowest BCUT2D eigenvalue weighted by Crippen LogP contribution is -2.28. The van der Waals surface area contributed by atoms with E-state index in [-0.39, 0.29) is 30.4 Å². The summed E-state index contributed by atoms with van der Waals surface area (Å²) in [5.74, 6) is -0.662. The molecule has 0 bridgehead atoms. The fraction of sp³-hybridized carbons (Fsp3) is 0.333. The molecule has 0 atom stereocenters. The average molecular weight is 224 g/mol. The molecular weight excluding hydrogens is 216 g/mol. The third-order valence-corrected chi connectivity index (χ3v) is 2.92. The van der Waals surface area contributed by atoms with E-state index in [0.717, 1.165) is 16.2 Å². The van der Waals surface area contributed by atoms with E-state index in [2.05, 4.69) is 4.98 Å².